The van der Waals surface area contributed by atoms with Crippen LogP contribution in [0.1, 0.15) is 20.8 Å². The average Bonchev–Trinajstić information content (AvgIpc) is 3.07. The Morgan fingerprint density at radius 1 is 0.962 bits per heavy atom. The monoisotopic (exact) mass is 370 g/mol. The highest BCUT2D eigenvalue weighted by Gasteiger charge is 2.73. The highest BCUT2D eigenvalue weighted by molar-refractivity contribution is 6.18. The van der Waals surface area contributed by atoms with Crippen LogP contribution >= 0.6 is 0 Å². The number of nitrogens with one attached hydrogen (secondary N) is 1. The van der Waals surface area contributed by atoms with Gasteiger partial charge in [-0.15, -0.1) is 0 Å². The fraction of sp³-hybridized carbons (Fsp3) is 0.688. The molecular formula is C16H22N2O8. The van der Waals surface area contributed by atoms with E-state index in [1.54, 1.807) is 6.92 Å². The van der Waals surface area contributed by atoms with Crippen LogP contribution in [0.2, 0.25) is 0 Å². The molecule has 0 aromatic heterocycles. The van der Waals surface area contributed by atoms with Crippen LogP contribution in [0.15, 0.2) is 0 Å². The third-order valence-corrected chi connectivity index (χ3v) is 4.52. The van der Waals surface area contributed by atoms with E-state index >= 15 is 0 Å². The topological polar surface area (TPSA) is 128 Å². The van der Waals surface area contributed by atoms with Crippen molar-refractivity contribution < 1.29 is 38.2 Å². The Morgan fingerprint density at radius 3 is 1.92 bits per heavy atom. The minimum atomic E-state index is -2.29. The molecule has 2 amide bonds. The highest BCUT2D eigenvalue weighted by atomic mass is 16.6. The first-order valence-corrected chi connectivity index (χ1v) is 8.37. The molecule has 0 aliphatic carbocycles. The summed E-state index contributed by atoms with van der Waals surface area (Å²) in [7, 11) is 1.23. The summed E-state index contributed by atoms with van der Waals surface area (Å²) in [5.41, 5.74) is -2.29. The lowest BCUT2D eigenvalue weighted by Gasteiger charge is -2.29. The number of likely N-dealkylation sites (tertiary alicyclic amines) is 1. The Balaban J connectivity index is 2.60. The van der Waals surface area contributed by atoms with Gasteiger partial charge in [-0.3, -0.25) is 24.6 Å². The number of fused-ring (bicyclic) bond motifs is 1. The first-order chi connectivity index (χ1) is 12.3. The third kappa shape index (κ3) is 2.74. The van der Waals surface area contributed by atoms with Crippen LogP contribution < -0.4 is 5.32 Å². The van der Waals surface area contributed by atoms with Gasteiger partial charge in [0.15, 0.2) is 0 Å². The number of rotatable bonds is 6. The Bertz CT molecular complexity index is 628. The van der Waals surface area contributed by atoms with E-state index in [-0.39, 0.29) is 19.8 Å². The summed E-state index contributed by atoms with van der Waals surface area (Å²) >= 11 is 0. The number of hydrogen-bond acceptors (Lipinski definition) is 9. The van der Waals surface area contributed by atoms with Crippen LogP contribution in [0.25, 0.3) is 0 Å². The number of carbonyl (C=O) groups excluding carboxylic acids is 5. The van der Waals surface area contributed by atoms with Crippen molar-refractivity contribution >= 4 is 29.7 Å². The first-order valence-electron chi connectivity index (χ1n) is 8.37. The smallest absolute Gasteiger partial charge is 0.338 e. The van der Waals surface area contributed by atoms with Gasteiger partial charge in [0.2, 0.25) is 17.4 Å². The maximum absolute atomic E-state index is 12.7. The molecule has 2 saturated heterocycles. The zero-order valence-corrected chi connectivity index (χ0v) is 15.1. The van der Waals surface area contributed by atoms with E-state index in [2.05, 4.69) is 5.32 Å². The number of amides is 2. The van der Waals surface area contributed by atoms with Crippen molar-refractivity contribution in [2.45, 2.75) is 32.4 Å². The predicted octanol–water partition coefficient (Wildman–Crippen LogP) is -1.38. The standard InChI is InChI=1S/C16H22N2O8/c1-5-24-13(21)10-8-9(12(20)18(4)11(8)19)16(17-10,14(22)25-6-2)15(23)26-7-3/h8-10,17H,5-7H2,1-4H3/t8-,9-,10+/m0/s1. The van der Waals surface area contributed by atoms with Crippen LogP contribution in [-0.4, -0.2) is 73.1 Å². The van der Waals surface area contributed by atoms with Crippen molar-refractivity contribution in [1.82, 2.24) is 10.2 Å². The Hall–Kier alpha value is -2.49. The average molecular weight is 370 g/mol. The van der Waals surface area contributed by atoms with Gasteiger partial charge in [0.1, 0.15) is 6.04 Å². The molecule has 0 unspecified atom stereocenters. The molecule has 2 fully saturated rings. The van der Waals surface area contributed by atoms with Crippen molar-refractivity contribution in [1.29, 1.82) is 0 Å². The fourth-order valence-corrected chi connectivity index (χ4v) is 3.43. The summed E-state index contributed by atoms with van der Waals surface area (Å²) in [5, 5.41) is 2.55. The number of hydrogen-bond donors (Lipinski definition) is 1. The predicted molar refractivity (Wildman–Crippen MR) is 84.3 cm³/mol. The molecule has 144 valence electrons. The molecule has 1 N–H and O–H groups in total. The number of nitrogens with zero attached hydrogens (tertiary/aromatic N) is 1. The largest absolute Gasteiger partial charge is 0.465 e. The maximum Gasteiger partial charge on any atom is 0.338 e. The summed E-state index contributed by atoms with van der Waals surface area (Å²) in [6, 6.07) is -1.35. The van der Waals surface area contributed by atoms with Gasteiger partial charge in [0.25, 0.3) is 0 Å². The molecule has 0 saturated carbocycles. The molecule has 2 rings (SSSR count). The molecule has 0 spiro atoms. The van der Waals surface area contributed by atoms with Crippen LogP contribution in [0.5, 0.6) is 0 Å². The van der Waals surface area contributed by atoms with E-state index in [1.807, 2.05) is 0 Å². The second kappa shape index (κ2) is 7.40. The van der Waals surface area contributed by atoms with E-state index < -0.39 is 53.1 Å². The Kier molecular flexibility index (Phi) is 5.65. The lowest BCUT2D eigenvalue weighted by molar-refractivity contribution is -0.170. The number of imide groups is 1. The zero-order valence-electron chi connectivity index (χ0n) is 15.1. The molecule has 10 heteroatoms. The lowest BCUT2D eigenvalue weighted by atomic mass is 9.80. The molecular weight excluding hydrogens is 348 g/mol. The third-order valence-electron chi connectivity index (χ3n) is 4.52. The zero-order chi connectivity index (χ0) is 19.6. The minimum Gasteiger partial charge on any atom is -0.465 e. The van der Waals surface area contributed by atoms with Crippen molar-refractivity contribution in [3.05, 3.63) is 0 Å². The van der Waals surface area contributed by atoms with Gasteiger partial charge in [0.05, 0.1) is 31.7 Å². The van der Waals surface area contributed by atoms with Gasteiger partial charge in [-0.25, -0.2) is 9.59 Å². The molecule has 0 bridgehead atoms. The first kappa shape index (κ1) is 19.8. The lowest BCUT2D eigenvalue weighted by Crippen LogP contribution is -2.63. The maximum atomic E-state index is 12.7. The molecule has 3 atom stereocenters. The number of esters is 3. The normalized spacial score (nSPS) is 26.5. The summed E-state index contributed by atoms with van der Waals surface area (Å²) in [4.78, 5) is 63.7. The number of carbonyl (C=O) groups is 5. The van der Waals surface area contributed by atoms with Crippen LogP contribution in [0.3, 0.4) is 0 Å². The van der Waals surface area contributed by atoms with Crippen molar-refractivity contribution in [3.63, 3.8) is 0 Å². The molecule has 0 radical (unpaired) electrons. The fourth-order valence-electron chi connectivity index (χ4n) is 3.43. The van der Waals surface area contributed by atoms with Gasteiger partial charge in [-0.2, -0.15) is 0 Å². The SMILES string of the molecule is CCOC(=O)[C@@H]1NC(C(=O)OCC)(C(=O)OCC)[C@@H]2C(=O)N(C)C(=O)[C@@H]21. The van der Waals surface area contributed by atoms with Crippen molar-refractivity contribution in [2.24, 2.45) is 11.8 Å². The van der Waals surface area contributed by atoms with E-state index in [0.29, 0.717) is 0 Å². The quantitative estimate of drug-likeness (QED) is 0.260. The van der Waals surface area contributed by atoms with Crippen molar-refractivity contribution in [2.75, 3.05) is 26.9 Å². The molecule has 0 aromatic rings. The second-order valence-electron chi connectivity index (χ2n) is 5.86. The summed E-state index contributed by atoms with van der Waals surface area (Å²) in [6.07, 6.45) is 0. The summed E-state index contributed by atoms with van der Waals surface area (Å²) in [6.45, 7) is 4.52. The second-order valence-corrected chi connectivity index (χ2v) is 5.86. The molecule has 0 aromatic carbocycles. The van der Waals surface area contributed by atoms with Gasteiger partial charge in [-0.1, -0.05) is 0 Å². The van der Waals surface area contributed by atoms with Gasteiger partial charge < -0.3 is 14.2 Å². The Labute approximate surface area is 150 Å². The summed E-state index contributed by atoms with van der Waals surface area (Å²) in [5.74, 6) is -7.14. The minimum absolute atomic E-state index is 0.0260. The van der Waals surface area contributed by atoms with Gasteiger partial charge in [-0.05, 0) is 20.8 Å². The van der Waals surface area contributed by atoms with Crippen molar-refractivity contribution in [3.8, 4) is 0 Å². The van der Waals surface area contributed by atoms with Crippen LogP contribution in [0.4, 0.5) is 0 Å². The van der Waals surface area contributed by atoms with E-state index in [0.717, 1.165) is 4.90 Å². The van der Waals surface area contributed by atoms with Gasteiger partial charge in [0, 0.05) is 7.05 Å². The van der Waals surface area contributed by atoms with E-state index in [1.165, 1.54) is 20.9 Å². The molecule has 2 aliphatic heterocycles. The number of ether oxygens (including phenoxy) is 3. The Morgan fingerprint density at radius 2 is 1.46 bits per heavy atom. The molecule has 2 aliphatic rings. The molecule has 2 heterocycles. The molecule has 26 heavy (non-hydrogen) atoms. The van der Waals surface area contributed by atoms with E-state index in [4.69, 9.17) is 14.2 Å². The van der Waals surface area contributed by atoms with Crippen LogP contribution in [0, 0.1) is 11.8 Å². The van der Waals surface area contributed by atoms with Crippen LogP contribution in [-0.2, 0) is 38.2 Å². The summed E-state index contributed by atoms with van der Waals surface area (Å²) < 4.78 is 14.9. The van der Waals surface area contributed by atoms with E-state index in [9.17, 15) is 24.0 Å². The van der Waals surface area contributed by atoms with Gasteiger partial charge >= 0.3 is 17.9 Å². The molecule has 10 nitrogen and oxygen atoms in total. The highest BCUT2D eigenvalue weighted by Crippen LogP contribution is 2.44.